The second-order valence-corrected chi connectivity index (χ2v) is 5.53. The third-order valence-electron chi connectivity index (χ3n) is 3.74. The number of nitrogens with zero attached hydrogens (tertiary/aromatic N) is 1. The SMILES string of the molecule is O=[N+]([O-])c1ccc(C(O)(/C=C/c2ccc(F)cc2)C(F)(F)C(F)(F)F)cc1. The van der Waals surface area contributed by atoms with Crippen LogP contribution < -0.4 is 0 Å². The summed E-state index contributed by atoms with van der Waals surface area (Å²) in [6, 6.07) is 6.71. The van der Waals surface area contributed by atoms with Gasteiger partial charge in [0.25, 0.3) is 5.69 Å². The molecule has 0 saturated carbocycles. The quantitative estimate of drug-likeness (QED) is 0.451. The minimum atomic E-state index is -6.11. The van der Waals surface area contributed by atoms with Crippen LogP contribution in [0.3, 0.4) is 0 Å². The molecular weight excluding hydrogens is 380 g/mol. The third kappa shape index (κ3) is 3.95. The van der Waals surface area contributed by atoms with Crippen molar-refractivity contribution in [2.24, 2.45) is 0 Å². The van der Waals surface area contributed by atoms with E-state index in [2.05, 4.69) is 0 Å². The van der Waals surface area contributed by atoms with E-state index in [0.717, 1.165) is 30.3 Å². The van der Waals surface area contributed by atoms with Crippen LogP contribution in [0, 0.1) is 15.9 Å². The molecule has 1 N–H and O–H groups in total. The van der Waals surface area contributed by atoms with Crippen LogP contribution in [0.4, 0.5) is 32.0 Å². The summed E-state index contributed by atoms with van der Waals surface area (Å²) in [6.07, 6.45) is -5.13. The fourth-order valence-corrected chi connectivity index (χ4v) is 2.23. The van der Waals surface area contributed by atoms with E-state index in [-0.39, 0.29) is 11.6 Å². The van der Waals surface area contributed by atoms with Gasteiger partial charge < -0.3 is 5.11 Å². The molecule has 0 spiro atoms. The van der Waals surface area contributed by atoms with Crippen molar-refractivity contribution in [2.75, 3.05) is 0 Å². The lowest BCUT2D eigenvalue weighted by atomic mass is 9.85. The molecule has 0 heterocycles. The average Bonchev–Trinajstić information content (AvgIpc) is 2.60. The lowest BCUT2D eigenvalue weighted by molar-refractivity contribution is -0.384. The minimum absolute atomic E-state index is 0.0507. The Hall–Kier alpha value is -2.88. The topological polar surface area (TPSA) is 63.4 Å². The monoisotopic (exact) mass is 391 g/mol. The molecule has 0 bridgehead atoms. The number of nitro benzene ring substituents is 1. The fourth-order valence-electron chi connectivity index (χ4n) is 2.23. The van der Waals surface area contributed by atoms with E-state index in [1.165, 1.54) is 0 Å². The largest absolute Gasteiger partial charge is 0.457 e. The predicted molar refractivity (Wildman–Crippen MR) is 83.4 cm³/mol. The molecule has 0 aliphatic carbocycles. The van der Waals surface area contributed by atoms with Crippen molar-refractivity contribution in [1.29, 1.82) is 0 Å². The molecule has 2 aromatic rings. The molecule has 2 rings (SSSR count). The first-order valence-corrected chi connectivity index (χ1v) is 7.25. The number of benzene rings is 2. The summed E-state index contributed by atoms with van der Waals surface area (Å²) < 4.78 is 79.7. The smallest absolute Gasteiger partial charge is 0.375 e. The Kier molecular flexibility index (Phi) is 5.32. The summed E-state index contributed by atoms with van der Waals surface area (Å²) in [5.41, 5.74) is -5.27. The average molecular weight is 391 g/mol. The molecule has 0 saturated heterocycles. The summed E-state index contributed by atoms with van der Waals surface area (Å²) in [7, 11) is 0. The summed E-state index contributed by atoms with van der Waals surface area (Å²) in [6.45, 7) is 0. The maximum absolute atomic E-state index is 14.1. The highest BCUT2D eigenvalue weighted by atomic mass is 19.4. The minimum Gasteiger partial charge on any atom is -0.375 e. The Labute approximate surface area is 148 Å². The van der Waals surface area contributed by atoms with E-state index in [0.29, 0.717) is 24.3 Å². The Bertz CT molecular complexity index is 846. The van der Waals surface area contributed by atoms with Crippen LogP contribution in [-0.2, 0) is 5.60 Å². The first kappa shape index (κ1) is 20.4. The van der Waals surface area contributed by atoms with Crippen molar-refractivity contribution in [3.8, 4) is 0 Å². The van der Waals surface area contributed by atoms with Crippen molar-refractivity contribution >= 4 is 11.8 Å². The van der Waals surface area contributed by atoms with E-state index in [4.69, 9.17) is 0 Å². The number of alkyl halides is 5. The van der Waals surface area contributed by atoms with Gasteiger partial charge >= 0.3 is 12.1 Å². The first-order chi connectivity index (χ1) is 12.4. The maximum atomic E-state index is 14.1. The molecule has 0 aromatic heterocycles. The highest BCUT2D eigenvalue weighted by Gasteiger charge is 2.69. The summed E-state index contributed by atoms with van der Waals surface area (Å²) in [5.74, 6) is -6.27. The predicted octanol–water partition coefficient (Wildman–Crippen LogP) is 4.83. The molecular formula is C17H11F6NO3. The zero-order valence-electron chi connectivity index (χ0n) is 13.3. The lowest BCUT2D eigenvalue weighted by Gasteiger charge is -2.35. The number of hydrogen-bond donors (Lipinski definition) is 1. The van der Waals surface area contributed by atoms with E-state index < -0.39 is 39.7 Å². The highest BCUT2D eigenvalue weighted by molar-refractivity contribution is 5.53. The van der Waals surface area contributed by atoms with Gasteiger partial charge in [0.05, 0.1) is 4.92 Å². The van der Waals surface area contributed by atoms with Crippen LogP contribution in [0.15, 0.2) is 54.6 Å². The standard InChI is InChI=1S/C17H11F6NO3/c18-13-5-1-11(2-6-13)9-10-15(25,16(19,20)17(21,22)23)12-3-7-14(8-4-12)24(26)27/h1-10,25H/b10-9+. The van der Waals surface area contributed by atoms with Gasteiger partial charge in [0.1, 0.15) is 5.82 Å². The second-order valence-electron chi connectivity index (χ2n) is 5.53. The number of halogens is 6. The molecule has 4 nitrogen and oxygen atoms in total. The Morgan fingerprint density at radius 3 is 1.89 bits per heavy atom. The van der Waals surface area contributed by atoms with Gasteiger partial charge in [0.15, 0.2) is 5.60 Å². The number of non-ortho nitro benzene ring substituents is 1. The maximum Gasteiger partial charge on any atom is 0.457 e. The molecule has 0 aliphatic heterocycles. The zero-order chi connectivity index (χ0) is 20.5. The van der Waals surface area contributed by atoms with Crippen molar-refractivity contribution in [1.82, 2.24) is 0 Å². The van der Waals surface area contributed by atoms with Gasteiger partial charge in [-0.1, -0.05) is 18.2 Å². The molecule has 27 heavy (non-hydrogen) atoms. The van der Waals surface area contributed by atoms with Crippen LogP contribution in [0.5, 0.6) is 0 Å². The third-order valence-corrected chi connectivity index (χ3v) is 3.74. The lowest BCUT2D eigenvalue weighted by Crippen LogP contribution is -2.53. The number of rotatable bonds is 5. The van der Waals surface area contributed by atoms with E-state index in [1.807, 2.05) is 0 Å². The first-order valence-electron chi connectivity index (χ1n) is 7.25. The van der Waals surface area contributed by atoms with Crippen molar-refractivity contribution in [3.05, 3.63) is 81.7 Å². The number of aliphatic hydroxyl groups is 1. The highest BCUT2D eigenvalue weighted by Crippen LogP contribution is 2.49. The molecule has 2 aromatic carbocycles. The van der Waals surface area contributed by atoms with E-state index in [9.17, 15) is 41.6 Å². The molecule has 10 heteroatoms. The van der Waals surface area contributed by atoms with Gasteiger partial charge in [-0.05, 0) is 41.5 Å². The zero-order valence-corrected chi connectivity index (χ0v) is 13.3. The van der Waals surface area contributed by atoms with Crippen LogP contribution in [0.1, 0.15) is 11.1 Å². The van der Waals surface area contributed by atoms with Gasteiger partial charge in [-0.2, -0.15) is 22.0 Å². The molecule has 0 radical (unpaired) electrons. The van der Waals surface area contributed by atoms with E-state index >= 15 is 0 Å². The van der Waals surface area contributed by atoms with Crippen LogP contribution in [0.25, 0.3) is 6.08 Å². The van der Waals surface area contributed by atoms with E-state index in [1.54, 1.807) is 0 Å². The second kappa shape index (κ2) is 7.03. The van der Waals surface area contributed by atoms with Crippen LogP contribution >= 0.6 is 0 Å². The molecule has 1 atom stereocenters. The van der Waals surface area contributed by atoms with Crippen LogP contribution in [-0.4, -0.2) is 22.1 Å². The number of nitro groups is 1. The van der Waals surface area contributed by atoms with Gasteiger partial charge in [-0.25, -0.2) is 4.39 Å². The van der Waals surface area contributed by atoms with Crippen molar-refractivity contribution in [2.45, 2.75) is 17.7 Å². The van der Waals surface area contributed by atoms with Gasteiger partial charge in [-0.15, -0.1) is 0 Å². The molecule has 0 aliphatic rings. The normalized spacial score (nSPS) is 14.9. The fraction of sp³-hybridized carbons (Fsp3) is 0.176. The molecule has 144 valence electrons. The summed E-state index contributed by atoms with van der Waals surface area (Å²) in [5, 5.41) is 20.9. The van der Waals surface area contributed by atoms with Crippen molar-refractivity contribution < 1.29 is 36.4 Å². The van der Waals surface area contributed by atoms with Crippen molar-refractivity contribution in [3.63, 3.8) is 0 Å². The van der Waals surface area contributed by atoms with Gasteiger partial charge in [-0.3, -0.25) is 10.1 Å². The van der Waals surface area contributed by atoms with Gasteiger partial charge in [0, 0.05) is 12.1 Å². The number of hydrogen-bond acceptors (Lipinski definition) is 3. The molecule has 0 fully saturated rings. The Morgan fingerprint density at radius 2 is 1.44 bits per heavy atom. The molecule has 0 amide bonds. The summed E-state index contributed by atoms with van der Waals surface area (Å²) in [4.78, 5) is 9.75. The molecule has 1 unspecified atom stereocenters. The van der Waals surface area contributed by atoms with Crippen LogP contribution in [0.2, 0.25) is 0 Å². The Morgan fingerprint density at radius 1 is 0.926 bits per heavy atom. The summed E-state index contributed by atoms with van der Waals surface area (Å²) >= 11 is 0. The Balaban J connectivity index is 2.57. The van der Waals surface area contributed by atoms with Gasteiger partial charge in [0.2, 0.25) is 0 Å².